The van der Waals surface area contributed by atoms with Gasteiger partial charge in [0.15, 0.2) is 0 Å². The smallest absolute Gasteiger partial charge is 0.411 e. The summed E-state index contributed by atoms with van der Waals surface area (Å²) >= 11 is 0. The van der Waals surface area contributed by atoms with Crippen molar-refractivity contribution in [2.24, 2.45) is 0 Å². The minimum absolute atomic E-state index is 0.0370. The summed E-state index contributed by atoms with van der Waals surface area (Å²) in [5.41, 5.74) is 1.04. The number of amides is 3. The molecule has 2 aliphatic rings. The Labute approximate surface area is 262 Å². The number of rotatable bonds is 9. The number of aliphatic carboxylic acids is 1. The number of carbonyl (C=O) groups is 4. The van der Waals surface area contributed by atoms with E-state index in [9.17, 15) is 37.8 Å². The van der Waals surface area contributed by atoms with E-state index in [4.69, 9.17) is 4.74 Å². The second kappa shape index (κ2) is 13.5. The molecular weight excluding hydrogens is 604 g/mol. The Kier molecular flexibility index (Phi) is 10.2. The van der Waals surface area contributed by atoms with E-state index < -0.39 is 63.7 Å². The quantitative estimate of drug-likeness (QED) is 0.318. The van der Waals surface area contributed by atoms with Crippen LogP contribution < -0.4 is 10.6 Å². The SMILES string of the molecule is Cc1ccc(S(=O)(=O)N2CCC[C@H]2C(=O)N[C@@H](Cc2ccc(NC(=O)[C@@H]3CC(O)CN3C(=O)OC(C)(C)C)cc2)C(=O)O)cc1. The van der Waals surface area contributed by atoms with Gasteiger partial charge in [-0.15, -0.1) is 0 Å². The molecule has 2 aliphatic heterocycles. The number of aryl methyl sites for hydroxylation is 1. The summed E-state index contributed by atoms with van der Waals surface area (Å²) in [7, 11) is -3.96. The van der Waals surface area contributed by atoms with Gasteiger partial charge in [0.2, 0.25) is 21.8 Å². The molecule has 45 heavy (non-hydrogen) atoms. The zero-order valence-corrected chi connectivity index (χ0v) is 26.5. The molecule has 2 fully saturated rings. The molecule has 3 amide bonds. The topological polar surface area (TPSA) is 183 Å². The zero-order chi connectivity index (χ0) is 33.1. The van der Waals surface area contributed by atoms with Crippen molar-refractivity contribution in [2.45, 2.75) is 88.1 Å². The molecule has 2 heterocycles. The average molecular weight is 645 g/mol. The highest BCUT2D eigenvalue weighted by atomic mass is 32.2. The van der Waals surface area contributed by atoms with E-state index in [1.54, 1.807) is 57.2 Å². The number of aliphatic hydroxyl groups is 1. The fourth-order valence-corrected chi connectivity index (χ4v) is 7.03. The lowest BCUT2D eigenvalue weighted by Crippen LogP contribution is -2.51. The van der Waals surface area contributed by atoms with Crippen molar-refractivity contribution in [1.82, 2.24) is 14.5 Å². The number of carboxylic acid groups (broad SMARTS) is 1. The molecule has 2 saturated heterocycles. The Bertz CT molecular complexity index is 1520. The molecule has 0 bridgehead atoms. The summed E-state index contributed by atoms with van der Waals surface area (Å²) in [6.07, 6.45) is -0.894. The Morgan fingerprint density at radius 1 is 1.00 bits per heavy atom. The van der Waals surface area contributed by atoms with E-state index in [1.807, 2.05) is 6.92 Å². The first-order chi connectivity index (χ1) is 21.0. The first-order valence-corrected chi connectivity index (χ1v) is 16.2. The van der Waals surface area contributed by atoms with E-state index in [0.29, 0.717) is 17.7 Å². The lowest BCUT2D eigenvalue weighted by Gasteiger charge is -2.27. The lowest BCUT2D eigenvalue weighted by molar-refractivity contribution is -0.142. The van der Waals surface area contributed by atoms with Gasteiger partial charge in [0.25, 0.3) is 0 Å². The van der Waals surface area contributed by atoms with E-state index in [-0.39, 0.29) is 37.2 Å². The van der Waals surface area contributed by atoms with Crippen molar-refractivity contribution >= 4 is 39.6 Å². The maximum absolute atomic E-state index is 13.2. The molecule has 2 aromatic rings. The maximum atomic E-state index is 13.2. The zero-order valence-electron chi connectivity index (χ0n) is 25.7. The number of β-amino-alcohol motifs (C(OH)–C–C–N with tert-alkyl or cyclic N) is 1. The molecule has 13 nitrogen and oxygen atoms in total. The van der Waals surface area contributed by atoms with Gasteiger partial charge in [-0.2, -0.15) is 4.31 Å². The Morgan fingerprint density at radius 3 is 2.24 bits per heavy atom. The largest absolute Gasteiger partial charge is 0.480 e. The number of nitrogens with one attached hydrogen (secondary N) is 2. The summed E-state index contributed by atoms with van der Waals surface area (Å²) in [5.74, 6) is -2.48. The number of anilines is 1. The normalized spacial score (nSPS) is 21.3. The maximum Gasteiger partial charge on any atom is 0.411 e. The summed E-state index contributed by atoms with van der Waals surface area (Å²) < 4.78 is 33.0. The van der Waals surface area contributed by atoms with Gasteiger partial charge in [-0.1, -0.05) is 29.8 Å². The number of likely N-dealkylation sites (tertiary alicyclic amines) is 1. The van der Waals surface area contributed by atoms with E-state index in [0.717, 1.165) is 9.87 Å². The molecule has 1 unspecified atom stereocenters. The second-order valence-electron chi connectivity index (χ2n) is 12.4. The van der Waals surface area contributed by atoms with Crippen LogP contribution in [0.25, 0.3) is 0 Å². The van der Waals surface area contributed by atoms with E-state index in [2.05, 4.69) is 10.6 Å². The molecule has 0 aliphatic carbocycles. The fourth-order valence-electron chi connectivity index (χ4n) is 5.37. The Morgan fingerprint density at radius 2 is 1.64 bits per heavy atom. The number of carbonyl (C=O) groups excluding carboxylic acids is 3. The van der Waals surface area contributed by atoms with Crippen molar-refractivity contribution in [3.8, 4) is 0 Å². The molecule has 0 radical (unpaired) electrons. The highest BCUT2D eigenvalue weighted by Gasteiger charge is 2.42. The van der Waals surface area contributed by atoms with Crippen LogP contribution in [0.4, 0.5) is 10.5 Å². The average Bonchev–Trinajstić information content (AvgIpc) is 3.61. The van der Waals surface area contributed by atoms with Crippen molar-refractivity contribution in [2.75, 3.05) is 18.4 Å². The van der Waals surface area contributed by atoms with Gasteiger partial charge in [-0.05, 0) is 70.4 Å². The Balaban J connectivity index is 1.38. The Hall–Kier alpha value is -4.01. The fraction of sp³-hybridized carbons (Fsp3) is 0.484. The molecule has 4 rings (SSSR count). The first-order valence-electron chi connectivity index (χ1n) is 14.7. The van der Waals surface area contributed by atoms with Gasteiger partial charge in [0.1, 0.15) is 23.7 Å². The molecular formula is C31H40N4O9S. The van der Waals surface area contributed by atoms with Gasteiger partial charge in [-0.3, -0.25) is 14.5 Å². The number of hydrogen-bond donors (Lipinski definition) is 4. The lowest BCUT2D eigenvalue weighted by atomic mass is 10.0. The van der Waals surface area contributed by atoms with Gasteiger partial charge >= 0.3 is 12.1 Å². The summed E-state index contributed by atoms with van der Waals surface area (Å²) in [6.45, 7) is 7.06. The van der Waals surface area contributed by atoms with Crippen LogP contribution in [0, 0.1) is 6.92 Å². The van der Waals surface area contributed by atoms with E-state index in [1.165, 1.54) is 17.0 Å². The van der Waals surface area contributed by atoms with Crippen LogP contribution in [0.3, 0.4) is 0 Å². The van der Waals surface area contributed by atoms with Gasteiger partial charge in [0.05, 0.1) is 17.5 Å². The molecule has 0 spiro atoms. The molecule has 4 atom stereocenters. The number of benzene rings is 2. The third kappa shape index (κ3) is 8.38. The number of ether oxygens (including phenoxy) is 1. The monoisotopic (exact) mass is 644 g/mol. The summed E-state index contributed by atoms with van der Waals surface area (Å²) in [5, 5.41) is 25.2. The summed E-state index contributed by atoms with van der Waals surface area (Å²) in [4.78, 5) is 52.1. The predicted octanol–water partition coefficient (Wildman–Crippen LogP) is 2.27. The van der Waals surface area contributed by atoms with Crippen molar-refractivity contribution in [3.63, 3.8) is 0 Å². The van der Waals surface area contributed by atoms with Crippen molar-refractivity contribution in [3.05, 3.63) is 59.7 Å². The number of aliphatic hydroxyl groups excluding tert-OH is 1. The highest BCUT2D eigenvalue weighted by molar-refractivity contribution is 7.89. The highest BCUT2D eigenvalue weighted by Crippen LogP contribution is 2.27. The van der Waals surface area contributed by atoms with Gasteiger partial charge in [-0.25, -0.2) is 18.0 Å². The van der Waals surface area contributed by atoms with Crippen molar-refractivity contribution < 1.29 is 42.5 Å². The summed E-state index contributed by atoms with van der Waals surface area (Å²) in [6, 6.07) is 9.32. The number of sulfonamides is 1. The predicted molar refractivity (Wildman–Crippen MR) is 164 cm³/mol. The van der Waals surface area contributed by atoms with Gasteiger partial charge < -0.3 is 25.6 Å². The third-order valence-electron chi connectivity index (χ3n) is 7.62. The minimum Gasteiger partial charge on any atom is -0.480 e. The van der Waals surface area contributed by atoms with Crippen LogP contribution in [-0.2, 0) is 35.6 Å². The second-order valence-corrected chi connectivity index (χ2v) is 14.3. The van der Waals surface area contributed by atoms with Crippen LogP contribution in [0.15, 0.2) is 53.4 Å². The van der Waals surface area contributed by atoms with Crippen LogP contribution in [0.5, 0.6) is 0 Å². The van der Waals surface area contributed by atoms with Crippen molar-refractivity contribution in [1.29, 1.82) is 0 Å². The molecule has 244 valence electrons. The molecule has 0 saturated carbocycles. The van der Waals surface area contributed by atoms with Crippen LogP contribution in [0.1, 0.15) is 51.2 Å². The molecule has 14 heteroatoms. The number of nitrogens with zero attached hydrogens (tertiary/aromatic N) is 2. The standard InChI is InChI=1S/C31H40N4O9S/c1-19-7-13-23(14-8-19)45(42,43)35-15-5-6-25(35)27(37)33-24(29(39)40)16-20-9-11-21(12-10-20)32-28(38)26-17-22(36)18-34(26)30(41)44-31(2,3)4/h7-14,22,24-26,36H,5-6,15-18H2,1-4H3,(H,32,38)(H,33,37)(H,39,40)/t22?,24-,25-,26-/m0/s1. The number of hydrogen-bond acceptors (Lipinski definition) is 8. The first kappa shape index (κ1) is 33.9. The third-order valence-corrected chi connectivity index (χ3v) is 9.54. The van der Waals surface area contributed by atoms with Crippen LogP contribution in [0.2, 0.25) is 0 Å². The minimum atomic E-state index is -3.96. The number of carboxylic acids is 1. The van der Waals surface area contributed by atoms with Crippen LogP contribution >= 0.6 is 0 Å². The molecule has 2 aromatic carbocycles. The van der Waals surface area contributed by atoms with Crippen LogP contribution in [-0.4, -0.2) is 94.6 Å². The molecule has 4 N–H and O–H groups in total. The molecule has 0 aromatic heterocycles. The van der Waals surface area contributed by atoms with E-state index >= 15 is 0 Å². The van der Waals surface area contributed by atoms with Gasteiger partial charge in [0, 0.05) is 25.1 Å².